The molecule has 2 aromatic carbocycles. The van der Waals surface area contributed by atoms with Gasteiger partial charge >= 0.3 is 0 Å². The third-order valence-electron chi connectivity index (χ3n) is 3.11. The molecule has 1 aliphatic rings. The normalized spacial score (nSPS) is 16.4. The van der Waals surface area contributed by atoms with Crippen LogP contribution in [0.2, 0.25) is 10.0 Å². The van der Waals surface area contributed by atoms with E-state index in [1.54, 1.807) is 48.5 Å². The van der Waals surface area contributed by atoms with Crippen molar-refractivity contribution in [2.24, 2.45) is 0 Å². The maximum absolute atomic E-state index is 12.6. The standard InChI is InChI=1S/C16H9Cl2NO2S2/c17-10-4-5-13(12(18)8-10)19-15(21)14(23-16(19)22)7-9-2-1-3-11(20)6-9/h1-8,20H/b14-7-. The number of carbonyl (C=O) groups is 1. The van der Waals surface area contributed by atoms with Crippen LogP contribution >= 0.6 is 47.2 Å². The zero-order valence-corrected chi connectivity index (χ0v) is 14.6. The van der Waals surface area contributed by atoms with Crippen molar-refractivity contribution in [2.75, 3.05) is 4.90 Å². The molecule has 0 radical (unpaired) electrons. The summed E-state index contributed by atoms with van der Waals surface area (Å²) < 4.78 is 0.394. The molecule has 3 nitrogen and oxygen atoms in total. The van der Waals surface area contributed by atoms with Gasteiger partial charge in [-0.3, -0.25) is 9.69 Å². The number of benzene rings is 2. The fourth-order valence-electron chi connectivity index (χ4n) is 2.10. The number of rotatable bonds is 2. The highest BCUT2D eigenvalue weighted by Crippen LogP contribution is 2.39. The maximum Gasteiger partial charge on any atom is 0.270 e. The Balaban J connectivity index is 1.97. The Morgan fingerprint density at radius 3 is 2.65 bits per heavy atom. The van der Waals surface area contributed by atoms with E-state index in [1.165, 1.54) is 16.7 Å². The molecule has 1 amide bonds. The number of phenols is 1. The van der Waals surface area contributed by atoms with Gasteiger partial charge in [0.05, 0.1) is 15.6 Å². The third-order valence-corrected chi connectivity index (χ3v) is 4.95. The molecule has 0 spiro atoms. The van der Waals surface area contributed by atoms with E-state index in [-0.39, 0.29) is 11.7 Å². The molecular weight excluding hydrogens is 373 g/mol. The maximum atomic E-state index is 12.6. The smallest absolute Gasteiger partial charge is 0.270 e. The van der Waals surface area contributed by atoms with Crippen molar-refractivity contribution in [1.82, 2.24) is 0 Å². The van der Waals surface area contributed by atoms with Gasteiger partial charge in [-0.2, -0.15) is 0 Å². The summed E-state index contributed by atoms with van der Waals surface area (Å²) in [6.07, 6.45) is 1.68. The molecule has 1 saturated heterocycles. The highest BCUT2D eigenvalue weighted by Gasteiger charge is 2.34. The summed E-state index contributed by atoms with van der Waals surface area (Å²) in [6, 6.07) is 11.5. The molecule has 1 N–H and O–H groups in total. The number of amides is 1. The number of nitrogens with zero attached hydrogens (tertiary/aromatic N) is 1. The van der Waals surface area contributed by atoms with E-state index >= 15 is 0 Å². The van der Waals surface area contributed by atoms with E-state index in [0.717, 1.165) is 0 Å². The number of anilines is 1. The summed E-state index contributed by atoms with van der Waals surface area (Å²) in [5.41, 5.74) is 1.21. The van der Waals surface area contributed by atoms with Crippen molar-refractivity contribution in [1.29, 1.82) is 0 Å². The summed E-state index contributed by atoms with van der Waals surface area (Å²) >= 11 is 18.5. The summed E-state index contributed by atoms with van der Waals surface area (Å²) in [6.45, 7) is 0. The Kier molecular flexibility index (Phi) is 4.64. The first-order chi connectivity index (χ1) is 11.0. The second-order valence-corrected chi connectivity index (χ2v) is 7.23. The third kappa shape index (κ3) is 3.38. The molecule has 7 heteroatoms. The molecule has 0 aromatic heterocycles. The molecule has 0 bridgehead atoms. The monoisotopic (exact) mass is 381 g/mol. The van der Waals surface area contributed by atoms with E-state index in [1.807, 2.05) is 0 Å². The van der Waals surface area contributed by atoms with Crippen LogP contribution in [0.4, 0.5) is 5.69 Å². The number of hydrogen-bond acceptors (Lipinski definition) is 4. The van der Waals surface area contributed by atoms with Crippen LogP contribution < -0.4 is 4.90 Å². The molecule has 3 rings (SSSR count). The lowest BCUT2D eigenvalue weighted by Crippen LogP contribution is -2.27. The second-order valence-electron chi connectivity index (χ2n) is 4.71. The quantitative estimate of drug-likeness (QED) is 0.579. The van der Waals surface area contributed by atoms with Crippen molar-refractivity contribution < 1.29 is 9.90 Å². The Bertz CT molecular complexity index is 852. The van der Waals surface area contributed by atoms with Crippen LogP contribution in [-0.2, 0) is 4.79 Å². The fourth-order valence-corrected chi connectivity index (χ4v) is 3.88. The van der Waals surface area contributed by atoms with E-state index in [4.69, 9.17) is 35.4 Å². The minimum Gasteiger partial charge on any atom is -0.508 e. The van der Waals surface area contributed by atoms with E-state index < -0.39 is 0 Å². The van der Waals surface area contributed by atoms with Crippen LogP contribution in [0.25, 0.3) is 6.08 Å². The number of thiocarbonyl (C=S) groups is 1. The van der Waals surface area contributed by atoms with Crippen LogP contribution in [0.3, 0.4) is 0 Å². The molecule has 1 fully saturated rings. The predicted octanol–water partition coefficient (Wildman–Crippen LogP) is 5.10. The van der Waals surface area contributed by atoms with Gasteiger partial charge in [0.2, 0.25) is 0 Å². The lowest BCUT2D eigenvalue weighted by atomic mass is 10.2. The lowest BCUT2D eigenvalue weighted by Gasteiger charge is -2.16. The number of thioether (sulfide) groups is 1. The van der Waals surface area contributed by atoms with Crippen molar-refractivity contribution in [2.45, 2.75) is 0 Å². The van der Waals surface area contributed by atoms with Crippen molar-refractivity contribution in [3.05, 3.63) is 63.0 Å². The summed E-state index contributed by atoms with van der Waals surface area (Å²) in [5, 5.41) is 10.3. The molecule has 0 aliphatic carbocycles. The molecule has 0 atom stereocenters. The van der Waals surface area contributed by atoms with E-state index in [2.05, 4.69) is 0 Å². The summed E-state index contributed by atoms with van der Waals surface area (Å²) in [4.78, 5) is 14.5. The van der Waals surface area contributed by atoms with Crippen molar-refractivity contribution in [3.8, 4) is 5.75 Å². The van der Waals surface area contributed by atoms with Crippen LogP contribution in [0.15, 0.2) is 47.4 Å². The molecule has 116 valence electrons. The van der Waals surface area contributed by atoms with Gasteiger partial charge in [0.15, 0.2) is 4.32 Å². The predicted molar refractivity (Wildman–Crippen MR) is 100 cm³/mol. The van der Waals surface area contributed by atoms with Gasteiger partial charge in [0.25, 0.3) is 5.91 Å². The average molecular weight is 382 g/mol. The number of aromatic hydroxyl groups is 1. The van der Waals surface area contributed by atoms with Gasteiger partial charge in [-0.1, -0.05) is 59.3 Å². The molecule has 23 heavy (non-hydrogen) atoms. The molecule has 2 aromatic rings. The highest BCUT2D eigenvalue weighted by atomic mass is 35.5. The van der Waals surface area contributed by atoms with E-state index in [0.29, 0.717) is 30.5 Å². The number of halogens is 2. The van der Waals surface area contributed by atoms with Crippen molar-refractivity contribution >= 4 is 69.2 Å². The van der Waals surface area contributed by atoms with Gasteiger partial charge in [-0.15, -0.1) is 0 Å². The first-order valence-electron chi connectivity index (χ1n) is 6.48. The summed E-state index contributed by atoms with van der Waals surface area (Å²) in [7, 11) is 0. The number of hydrogen-bond donors (Lipinski definition) is 1. The van der Waals surface area contributed by atoms with Gasteiger partial charge in [-0.05, 0) is 42.0 Å². The zero-order valence-electron chi connectivity index (χ0n) is 11.5. The molecule has 1 heterocycles. The lowest BCUT2D eigenvalue weighted by molar-refractivity contribution is -0.113. The highest BCUT2D eigenvalue weighted by molar-refractivity contribution is 8.27. The molecule has 1 aliphatic heterocycles. The van der Waals surface area contributed by atoms with E-state index in [9.17, 15) is 9.90 Å². The molecular formula is C16H9Cl2NO2S2. The van der Waals surface area contributed by atoms with Crippen LogP contribution in [0.1, 0.15) is 5.56 Å². The Hall–Kier alpha value is -1.53. The largest absolute Gasteiger partial charge is 0.508 e. The fraction of sp³-hybridized carbons (Fsp3) is 0. The SMILES string of the molecule is O=C1/C(=C/c2cccc(O)c2)SC(=S)N1c1ccc(Cl)cc1Cl. The van der Waals surface area contributed by atoms with Gasteiger partial charge in [0, 0.05) is 5.02 Å². The Morgan fingerprint density at radius 2 is 1.96 bits per heavy atom. The average Bonchev–Trinajstić information content (AvgIpc) is 2.74. The van der Waals surface area contributed by atoms with Crippen LogP contribution in [0.5, 0.6) is 5.75 Å². The van der Waals surface area contributed by atoms with Gasteiger partial charge in [0.1, 0.15) is 5.75 Å². The van der Waals surface area contributed by atoms with Gasteiger partial charge in [-0.25, -0.2) is 0 Å². The van der Waals surface area contributed by atoms with Crippen molar-refractivity contribution in [3.63, 3.8) is 0 Å². The molecule has 0 unspecified atom stereocenters. The summed E-state index contributed by atoms with van der Waals surface area (Å²) in [5.74, 6) is -0.123. The van der Waals surface area contributed by atoms with Gasteiger partial charge < -0.3 is 5.11 Å². The molecule has 0 saturated carbocycles. The van der Waals surface area contributed by atoms with Crippen LogP contribution in [0, 0.1) is 0 Å². The first kappa shape index (κ1) is 16.3. The second kappa shape index (κ2) is 6.53. The Labute approximate surface area is 152 Å². The Morgan fingerprint density at radius 1 is 1.17 bits per heavy atom. The number of carbonyl (C=O) groups excluding carboxylic acids is 1. The van der Waals surface area contributed by atoms with Crippen LogP contribution in [-0.4, -0.2) is 15.3 Å². The minimum absolute atomic E-state index is 0.134. The topological polar surface area (TPSA) is 40.5 Å². The minimum atomic E-state index is -0.257. The zero-order chi connectivity index (χ0) is 16.6. The first-order valence-corrected chi connectivity index (χ1v) is 8.46. The number of phenolic OH excluding ortho intramolecular Hbond substituents is 1.